The molecule has 0 spiro atoms. The number of allylic oxidation sites excluding steroid dienone is 5. The molecule has 0 radical (unpaired) electrons. The molecule has 2 aromatic rings. The highest BCUT2D eigenvalue weighted by Crippen LogP contribution is 2.27. The van der Waals surface area contributed by atoms with Crippen molar-refractivity contribution in [1.82, 2.24) is 9.78 Å². The summed E-state index contributed by atoms with van der Waals surface area (Å²) in [6, 6.07) is 8.41. The van der Waals surface area contributed by atoms with Gasteiger partial charge in [0.25, 0.3) is 0 Å². The monoisotopic (exact) mass is 414 g/mol. The average molecular weight is 415 g/mol. The van der Waals surface area contributed by atoms with E-state index in [0.29, 0.717) is 17.0 Å². The van der Waals surface area contributed by atoms with Crippen LogP contribution in [0.2, 0.25) is 0 Å². The molecule has 0 unspecified atom stereocenters. The van der Waals surface area contributed by atoms with Gasteiger partial charge < -0.3 is 4.74 Å². The molecule has 0 saturated heterocycles. The van der Waals surface area contributed by atoms with E-state index < -0.39 is 0 Å². The molecule has 30 heavy (non-hydrogen) atoms. The highest BCUT2D eigenvalue weighted by atomic mass is 19.1. The highest BCUT2D eigenvalue weighted by molar-refractivity contribution is 5.76. The van der Waals surface area contributed by atoms with Crippen molar-refractivity contribution in [2.75, 3.05) is 7.11 Å². The van der Waals surface area contributed by atoms with Gasteiger partial charge in [-0.1, -0.05) is 37.1 Å². The van der Waals surface area contributed by atoms with Crippen LogP contribution in [0.15, 0.2) is 60.1 Å². The van der Waals surface area contributed by atoms with Gasteiger partial charge in [0.15, 0.2) is 0 Å². The summed E-state index contributed by atoms with van der Waals surface area (Å²) in [5, 5.41) is 4.61. The molecule has 0 bridgehead atoms. The van der Waals surface area contributed by atoms with Crippen LogP contribution in [0.3, 0.4) is 0 Å². The lowest BCUT2D eigenvalue weighted by Gasteiger charge is -2.05. The van der Waals surface area contributed by atoms with E-state index in [0.717, 1.165) is 31.4 Å². The van der Waals surface area contributed by atoms with Gasteiger partial charge in [0, 0.05) is 17.8 Å². The summed E-state index contributed by atoms with van der Waals surface area (Å²) in [7, 11) is 1.60. The Balaban J connectivity index is 0.000000335. The van der Waals surface area contributed by atoms with Crippen LogP contribution in [-0.2, 0) is 17.7 Å². The zero-order chi connectivity index (χ0) is 21.9. The Kier molecular flexibility index (Phi) is 9.52. The van der Waals surface area contributed by atoms with Crippen molar-refractivity contribution in [1.29, 1.82) is 0 Å². The zero-order valence-corrected chi connectivity index (χ0v) is 18.4. The third-order valence-corrected chi connectivity index (χ3v) is 4.89. The van der Waals surface area contributed by atoms with Gasteiger partial charge in [0.1, 0.15) is 17.4 Å². The first kappa shape index (κ1) is 23.6. The first-order chi connectivity index (χ1) is 14.5. The van der Waals surface area contributed by atoms with E-state index in [9.17, 15) is 8.78 Å². The Morgan fingerprint density at radius 1 is 1.20 bits per heavy atom. The van der Waals surface area contributed by atoms with E-state index in [-0.39, 0.29) is 11.6 Å². The molecule has 0 fully saturated rings. The van der Waals surface area contributed by atoms with Crippen LogP contribution >= 0.6 is 0 Å². The van der Waals surface area contributed by atoms with Crippen molar-refractivity contribution < 1.29 is 13.5 Å². The number of hydrogen-bond acceptors (Lipinski definition) is 2. The summed E-state index contributed by atoms with van der Waals surface area (Å²) in [4.78, 5) is 0. The number of hydrogen-bond donors (Lipinski definition) is 0. The topological polar surface area (TPSA) is 27.1 Å². The molecule has 3 rings (SSSR count). The van der Waals surface area contributed by atoms with Crippen molar-refractivity contribution in [3.8, 4) is 0 Å². The molecule has 1 aliphatic heterocycles. The molecule has 2 heterocycles. The molecule has 0 aliphatic carbocycles. The quantitative estimate of drug-likeness (QED) is 0.391. The second-order valence-corrected chi connectivity index (χ2v) is 7.26. The fourth-order valence-corrected chi connectivity index (χ4v) is 3.22. The van der Waals surface area contributed by atoms with Crippen molar-refractivity contribution in [3.63, 3.8) is 0 Å². The smallest absolute Gasteiger partial charge is 0.128 e. The number of ether oxygens (including phenoxy) is 1. The molecule has 3 nitrogen and oxygen atoms in total. The first-order valence-corrected chi connectivity index (χ1v) is 10.6. The minimum atomic E-state index is -0.271. The summed E-state index contributed by atoms with van der Waals surface area (Å²) >= 11 is 0. The van der Waals surface area contributed by atoms with Crippen molar-refractivity contribution in [3.05, 3.63) is 82.9 Å². The minimum Gasteiger partial charge on any atom is -0.497 e. The molecule has 0 saturated carbocycles. The number of nitrogens with zero attached hydrogens (tertiary/aromatic N) is 2. The standard InChI is InChI=1S/C18H25FN2O.C7H7F/c1-4-9-15(22-3)13-16(17(19)5-2)18-12-14-10-7-6-8-11-21(14)20-18;1-6-2-4-7(8)5-3-6/h5,9,12-13H,4,6-8,10-11H2,1-3H3;2-5H,1H3/b15-9-,16-13+,17-5+;. The van der Waals surface area contributed by atoms with Gasteiger partial charge in [-0.25, -0.2) is 8.78 Å². The van der Waals surface area contributed by atoms with E-state index >= 15 is 0 Å². The average Bonchev–Trinajstić information content (AvgIpc) is 3.02. The third kappa shape index (κ3) is 6.97. The lowest BCUT2D eigenvalue weighted by molar-refractivity contribution is 0.305. The molecule has 5 heteroatoms. The molecule has 0 amide bonds. The fraction of sp³-hybridized carbons (Fsp3) is 0.400. The van der Waals surface area contributed by atoms with Crippen LogP contribution in [0.25, 0.3) is 5.57 Å². The normalized spacial score (nSPS) is 15.1. The minimum absolute atomic E-state index is 0.171. The van der Waals surface area contributed by atoms with Gasteiger partial charge in [0.2, 0.25) is 0 Å². The Morgan fingerprint density at radius 2 is 1.93 bits per heavy atom. The van der Waals surface area contributed by atoms with Crippen molar-refractivity contribution in [2.24, 2.45) is 0 Å². The lowest BCUT2D eigenvalue weighted by atomic mass is 10.1. The van der Waals surface area contributed by atoms with E-state index in [2.05, 4.69) is 5.10 Å². The first-order valence-electron chi connectivity index (χ1n) is 10.6. The number of fused-ring (bicyclic) bond motifs is 1. The number of benzene rings is 1. The molecular weight excluding hydrogens is 382 g/mol. The summed E-state index contributed by atoms with van der Waals surface area (Å²) < 4.78 is 33.7. The summed E-state index contributed by atoms with van der Waals surface area (Å²) in [6.07, 6.45) is 10.5. The maximum atomic E-state index is 14.3. The predicted octanol–water partition coefficient (Wildman–Crippen LogP) is 6.94. The van der Waals surface area contributed by atoms with Crippen LogP contribution in [0.4, 0.5) is 8.78 Å². The number of methoxy groups -OCH3 is 1. The molecule has 1 aromatic carbocycles. The maximum Gasteiger partial charge on any atom is 0.128 e. The Bertz CT molecular complexity index is 848. The number of rotatable bonds is 5. The predicted molar refractivity (Wildman–Crippen MR) is 119 cm³/mol. The summed E-state index contributed by atoms with van der Waals surface area (Å²) in [6.45, 7) is 6.57. The zero-order valence-electron chi connectivity index (χ0n) is 18.4. The maximum absolute atomic E-state index is 14.3. The Labute approximate surface area is 178 Å². The van der Waals surface area contributed by atoms with E-state index in [1.165, 1.54) is 36.7 Å². The summed E-state index contributed by atoms with van der Waals surface area (Å²) in [5.41, 5.74) is 3.46. The lowest BCUT2D eigenvalue weighted by Crippen LogP contribution is -2.02. The summed E-state index contributed by atoms with van der Waals surface area (Å²) in [5.74, 6) is 0.223. The van der Waals surface area contributed by atoms with E-state index in [1.807, 2.05) is 30.7 Å². The number of halogens is 2. The SMILES string of the molecule is C\C=C(F)/C(=C\C(=C\CC)OC)c1cc2n(n1)CCCCC2.Cc1ccc(F)cc1. The third-order valence-electron chi connectivity index (χ3n) is 4.89. The number of aryl methyl sites for hydroxylation is 3. The Hall–Kier alpha value is -2.69. The van der Waals surface area contributed by atoms with E-state index in [4.69, 9.17) is 4.74 Å². The van der Waals surface area contributed by atoms with Crippen LogP contribution < -0.4 is 0 Å². The molecule has 0 N–H and O–H groups in total. The number of aromatic nitrogens is 2. The highest BCUT2D eigenvalue weighted by Gasteiger charge is 2.16. The van der Waals surface area contributed by atoms with Crippen LogP contribution in [0.5, 0.6) is 0 Å². The molecular formula is C25H32F2N2O. The van der Waals surface area contributed by atoms with Gasteiger partial charge >= 0.3 is 0 Å². The largest absolute Gasteiger partial charge is 0.497 e. The molecule has 1 aliphatic rings. The Morgan fingerprint density at radius 3 is 2.53 bits per heavy atom. The van der Waals surface area contributed by atoms with Gasteiger partial charge in [-0.05, 0) is 69.9 Å². The second-order valence-electron chi connectivity index (χ2n) is 7.26. The van der Waals surface area contributed by atoms with Gasteiger partial charge in [0.05, 0.1) is 12.8 Å². The van der Waals surface area contributed by atoms with Crippen LogP contribution in [-0.4, -0.2) is 16.9 Å². The van der Waals surface area contributed by atoms with Crippen LogP contribution in [0, 0.1) is 12.7 Å². The van der Waals surface area contributed by atoms with Gasteiger partial charge in [-0.15, -0.1) is 0 Å². The second kappa shape index (κ2) is 12.1. The molecule has 162 valence electrons. The molecule has 0 atom stereocenters. The van der Waals surface area contributed by atoms with Crippen molar-refractivity contribution >= 4 is 5.57 Å². The van der Waals surface area contributed by atoms with Gasteiger partial charge in [-0.2, -0.15) is 5.10 Å². The van der Waals surface area contributed by atoms with Crippen LogP contribution in [0.1, 0.15) is 56.5 Å². The van der Waals surface area contributed by atoms with Gasteiger partial charge in [-0.3, -0.25) is 4.68 Å². The molecule has 1 aromatic heterocycles. The van der Waals surface area contributed by atoms with E-state index in [1.54, 1.807) is 32.2 Å². The van der Waals surface area contributed by atoms with Crippen molar-refractivity contribution in [2.45, 2.75) is 59.4 Å². The fourth-order valence-electron chi connectivity index (χ4n) is 3.22.